The number of sulfonamides is 1. The summed E-state index contributed by atoms with van der Waals surface area (Å²) in [5, 5.41) is 11.9. The van der Waals surface area contributed by atoms with Crippen LogP contribution >= 0.6 is 0 Å². The maximum atomic E-state index is 12.9. The van der Waals surface area contributed by atoms with E-state index in [1.807, 2.05) is 0 Å². The van der Waals surface area contributed by atoms with Gasteiger partial charge in [0, 0.05) is 29.2 Å². The summed E-state index contributed by atoms with van der Waals surface area (Å²) in [5.74, 6) is 0. The minimum Gasteiger partial charge on any atom is -0.281 e. The number of nitrogens with zero attached hydrogens (tertiary/aromatic N) is 2. The highest BCUT2D eigenvalue weighted by Gasteiger charge is 2.20. The molecule has 0 saturated heterocycles. The maximum absolute atomic E-state index is 12.9. The number of benzene rings is 1. The van der Waals surface area contributed by atoms with Crippen molar-refractivity contribution in [2.24, 2.45) is 5.14 Å². The first-order valence-corrected chi connectivity index (χ1v) is 8.80. The van der Waals surface area contributed by atoms with E-state index < -0.39 is 22.9 Å². The van der Waals surface area contributed by atoms with Crippen molar-refractivity contribution in [3.05, 3.63) is 54.5 Å². The fourth-order valence-electron chi connectivity index (χ4n) is 2.52. The molecule has 130 valence electrons. The maximum Gasteiger partial charge on any atom is 0.244 e. The van der Waals surface area contributed by atoms with Crippen molar-refractivity contribution < 1.29 is 17.2 Å². The van der Waals surface area contributed by atoms with E-state index in [9.17, 15) is 17.2 Å². The van der Waals surface area contributed by atoms with Gasteiger partial charge in [0.25, 0.3) is 0 Å². The van der Waals surface area contributed by atoms with Gasteiger partial charge >= 0.3 is 0 Å². The van der Waals surface area contributed by atoms with Crippen LogP contribution in [0.5, 0.6) is 0 Å². The lowest BCUT2D eigenvalue weighted by Gasteiger charge is -2.07. The fourth-order valence-corrected chi connectivity index (χ4v) is 3.04. The zero-order valence-corrected chi connectivity index (χ0v) is 13.7. The second-order valence-electron chi connectivity index (χ2n) is 5.33. The number of hydrogen-bond donors (Lipinski definition) is 2. The van der Waals surface area contributed by atoms with Crippen molar-refractivity contribution in [1.29, 1.82) is 0 Å². The van der Waals surface area contributed by atoms with Crippen molar-refractivity contribution in [1.82, 2.24) is 15.2 Å². The van der Waals surface area contributed by atoms with Crippen LogP contribution in [0.4, 0.5) is 8.78 Å². The van der Waals surface area contributed by atoms with Gasteiger partial charge in [-0.1, -0.05) is 12.1 Å². The lowest BCUT2D eigenvalue weighted by Crippen LogP contribution is -2.11. The van der Waals surface area contributed by atoms with Gasteiger partial charge in [0.05, 0.1) is 11.3 Å². The summed E-state index contributed by atoms with van der Waals surface area (Å²) in [7, 11) is -3.81. The number of primary sulfonamides is 1. The summed E-state index contributed by atoms with van der Waals surface area (Å²) in [5.41, 5.74) is 2.54. The number of nitrogens with one attached hydrogen (secondary N) is 1. The van der Waals surface area contributed by atoms with E-state index in [0.717, 1.165) is 0 Å². The molecule has 0 saturated carbocycles. The van der Waals surface area contributed by atoms with E-state index in [0.29, 0.717) is 28.1 Å². The molecule has 3 aromatic rings. The monoisotopic (exact) mass is 364 g/mol. The number of alkyl halides is 2. The molecule has 9 heteroatoms. The second kappa shape index (κ2) is 6.69. The van der Waals surface area contributed by atoms with Gasteiger partial charge in [-0.3, -0.25) is 10.1 Å². The van der Waals surface area contributed by atoms with Crippen molar-refractivity contribution in [2.75, 3.05) is 0 Å². The molecule has 0 atom stereocenters. The van der Waals surface area contributed by atoms with Crippen LogP contribution < -0.4 is 5.14 Å². The highest BCUT2D eigenvalue weighted by atomic mass is 32.2. The number of halogens is 2. The molecule has 0 aliphatic rings. The van der Waals surface area contributed by atoms with Crippen LogP contribution in [-0.2, 0) is 16.4 Å². The van der Waals surface area contributed by atoms with Crippen LogP contribution in [0.1, 0.15) is 5.69 Å². The van der Waals surface area contributed by atoms with Crippen LogP contribution in [0.15, 0.2) is 53.7 Å². The fraction of sp³-hybridized carbons (Fsp3) is 0.125. The normalized spacial score (nSPS) is 11.8. The summed E-state index contributed by atoms with van der Waals surface area (Å²) < 4.78 is 48.5. The molecular formula is C16H14F2N4O2S. The van der Waals surface area contributed by atoms with Crippen molar-refractivity contribution in [3.63, 3.8) is 0 Å². The van der Waals surface area contributed by atoms with Gasteiger partial charge in [0.15, 0.2) is 0 Å². The average molecular weight is 364 g/mol. The predicted molar refractivity (Wildman–Crippen MR) is 88.3 cm³/mol. The Morgan fingerprint density at radius 3 is 2.24 bits per heavy atom. The largest absolute Gasteiger partial charge is 0.281 e. The summed E-state index contributed by atoms with van der Waals surface area (Å²) in [4.78, 5) is 3.89. The standard InChI is InChI=1S/C16H14F2N4O2S/c17-14(18)9-13-15(10-5-7-20-8-6-10)16(22-21-13)11-1-3-12(4-2-11)25(19,23)24/h1-8,14H,9H2,(H,21,22)(H2,19,23,24). The molecule has 1 aromatic carbocycles. The number of aromatic nitrogens is 3. The van der Waals surface area contributed by atoms with Crippen LogP contribution in [0.3, 0.4) is 0 Å². The Hall–Kier alpha value is -2.65. The number of rotatable bonds is 5. The summed E-state index contributed by atoms with van der Waals surface area (Å²) in [6.07, 6.45) is 0.114. The molecule has 2 aromatic heterocycles. The molecule has 2 heterocycles. The van der Waals surface area contributed by atoms with Gasteiger partial charge in [-0.2, -0.15) is 5.10 Å². The Morgan fingerprint density at radius 2 is 1.68 bits per heavy atom. The first-order valence-electron chi connectivity index (χ1n) is 7.25. The first-order chi connectivity index (χ1) is 11.9. The molecule has 0 amide bonds. The van der Waals surface area contributed by atoms with E-state index in [1.165, 1.54) is 24.3 Å². The molecule has 3 rings (SSSR count). The lowest BCUT2D eigenvalue weighted by atomic mass is 9.99. The zero-order chi connectivity index (χ0) is 18.0. The molecule has 25 heavy (non-hydrogen) atoms. The number of hydrogen-bond acceptors (Lipinski definition) is 4. The third-order valence-electron chi connectivity index (χ3n) is 3.62. The number of H-pyrrole nitrogens is 1. The summed E-state index contributed by atoms with van der Waals surface area (Å²) in [6, 6.07) is 9.16. The molecule has 0 fully saturated rings. The van der Waals surface area contributed by atoms with Crippen molar-refractivity contribution in [3.8, 4) is 22.4 Å². The van der Waals surface area contributed by atoms with E-state index in [1.54, 1.807) is 24.5 Å². The van der Waals surface area contributed by atoms with Crippen LogP contribution in [0, 0.1) is 0 Å². The SMILES string of the molecule is NS(=O)(=O)c1ccc(-c2n[nH]c(CC(F)F)c2-c2ccncc2)cc1. The molecule has 0 aliphatic heterocycles. The zero-order valence-electron chi connectivity index (χ0n) is 12.9. The van der Waals surface area contributed by atoms with Gasteiger partial charge in [0.1, 0.15) is 5.69 Å². The lowest BCUT2D eigenvalue weighted by molar-refractivity contribution is 0.148. The van der Waals surface area contributed by atoms with Gasteiger partial charge < -0.3 is 0 Å². The third kappa shape index (κ3) is 3.72. The van der Waals surface area contributed by atoms with Crippen LogP contribution in [0.25, 0.3) is 22.4 Å². The third-order valence-corrected chi connectivity index (χ3v) is 4.55. The minimum absolute atomic E-state index is 0.0370. The molecular weight excluding hydrogens is 350 g/mol. The number of aromatic amines is 1. The Bertz CT molecular complexity index is 971. The van der Waals surface area contributed by atoms with E-state index in [2.05, 4.69) is 15.2 Å². The number of nitrogens with two attached hydrogens (primary N) is 1. The first kappa shape index (κ1) is 17.2. The molecule has 0 bridgehead atoms. The molecule has 0 spiro atoms. The Balaban J connectivity index is 2.12. The average Bonchev–Trinajstić information content (AvgIpc) is 2.98. The van der Waals surface area contributed by atoms with E-state index in [-0.39, 0.29) is 4.90 Å². The van der Waals surface area contributed by atoms with Crippen LogP contribution in [-0.4, -0.2) is 30.0 Å². The van der Waals surface area contributed by atoms with Crippen LogP contribution in [0.2, 0.25) is 0 Å². The second-order valence-corrected chi connectivity index (χ2v) is 6.89. The molecule has 6 nitrogen and oxygen atoms in total. The molecule has 0 aliphatic carbocycles. The topological polar surface area (TPSA) is 102 Å². The van der Waals surface area contributed by atoms with Gasteiger partial charge in [0.2, 0.25) is 16.4 Å². The highest BCUT2D eigenvalue weighted by molar-refractivity contribution is 7.89. The Labute approximate surface area is 142 Å². The van der Waals surface area contributed by atoms with Gasteiger partial charge in [-0.25, -0.2) is 22.3 Å². The smallest absolute Gasteiger partial charge is 0.244 e. The van der Waals surface area contributed by atoms with Crippen molar-refractivity contribution >= 4 is 10.0 Å². The minimum atomic E-state index is -3.81. The highest BCUT2D eigenvalue weighted by Crippen LogP contribution is 2.34. The molecule has 3 N–H and O–H groups in total. The molecule has 0 radical (unpaired) electrons. The Morgan fingerprint density at radius 1 is 1.04 bits per heavy atom. The summed E-state index contributed by atoms with van der Waals surface area (Å²) >= 11 is 0. The van der Waals surface area contributed by atoms with E-state index >= 15 is 0 Å². The predicted octanol–water partition coefficient (Wildman–Crippen LogP) is 2.59. The quantitative estimate of drug-likeness (QED) is 0.726. The van der Waals surface area contributed by atoms with Gasteiger partial charge in [-0.15, -0.1) is 0 Å². The summed E-state index contributed by atoms with van der Waals surface area (Å²) in [6.45, 7) is 0. The van der Waals surface area contributed by atoms with Gasteiger partial charge in [-0.05, 0) is 29.8 Å². The van der Waals surface area contributed by atoms with Crippen molar-refractivity contribution in [2.45, 2.75) is 17.7 Å². The molecule has 0 unspecified atom stereocenters. The Kier molecular flexibility index (Phi) is 4.60. The van der Waals surface area contributed by atoms with E-state index in [4.69, 9.17) is 5.14 Å². The number of pyridine rings is 1.